The fourth-order valence-corrected chi connectivity index (χ4v) is 4.99. The van der Waals surface area contributed by atoms with E-state index in [1.807, 2.05) is 62.4 Å². The molecule has 0 spiro atoms. The summed E-state index contributed by atoms with van der Waals surface area (Å²) in [4.78, 5) is 32.1. The number of hydrogen-bond acceptors (Lipinski definition) is 5. The highest BCUT2D eigenvalue weighted by atomic mass is 32.2. The van der Waals surface area contributed by atoms with Crippen LogP contribution in [0.2, 0.25) is 0 Å². The van der Waals surface area contributed by atoms with Gasteiger partial charge in [0.05, 0.1) is 21.8 Å². The van der Waals surface area contributed by atoms with Crippen LogP contribution in [0.1, 0.15) is 27.2 Å². The number of furan rings is 1. The van der Waals surface area contributed by atoms with Crippen molar-refractivity contribution in [3.8, 4) is 11.3 Å². The molecule has 7 heteroatoms. The fraction of sp³-hybridized carbons (Fsp3) is 0.0690. The first-order valence-corrected chi connectivity index (χ1v) is 12.1. The molecule has 178 valence electrons. The predicted octanol–water partition coefficient (Wildman–Crippen LogP) is 7.07. The summed E-state index contributed by atoms with van der Waals surface area (Å²) >= 11 is 1.28. The van der Waals surface area contributed by atoms with Crippen molar-refractivity contribution in [1.29, 1.82) is 0 Å². The number of aromatic carboxylic acids is 1. The molecule has 1 aliphatic heterocycles. The molecule has 5 rings (SSSR count). The Bertz CT molecular complexity index is 1520. The zero-order valence-electron chi connectivity index (χ0n) is 19.6. The van der Waals surface area contributed by atoms with Crippen LogP contribution < -0.4 is 4.90 Å². The number of nitrogens with zero attached hydrogens (tertiary/aromatic N) is 2. The highest BCUT2D eigenvalue weighted by Crippen LogP contribution is 2.39. The predicted molar refractivity (Wildman–Crippen MR) is 144 cm³/mol. The van der Waals surface area contributed by atoms with Gasteiger partial charge < -0.3 is 9.52 Å². The Morgan fingerprint density at radius 2 is 1.61 bits per heavy atom. The molecule has 1 amide bonds. The molecule has 6 nitrogen and oxygen atoms in total. The molecule has 0 bridgehead atoms. The summed E-state index contributed by atoms with van der Waals surface area (Å²) in [6.07, 6.45) is 1.67. The zero-order valence-corrected chi connectivity index (χ0v) is 20.5. The van der Waals surface area contributed by atoms with E-state index in [0.29, 0.717) is 27.2 Å². The maximum Gasteiger partial charge on any atom is 0.336 e. The van der Waals surface area contributed by atoms with Crippen molar-refractivity contribution >= 4 is 46.3 Å². The number of thioether (sulfide) groups is 1. The number of aliphatic imine (C=N–C) groups is 1. The smallest absolute Gasteiger partial charge is 0.336 e. The number of para-hydroxylation sites is 2. The van der Waals surface area contributed by atoms with Crippen molar-refractivity contribution < 1.29 is 19.1 Å². The summed E-state index contributed by atoms with van der Waals surface area (Å²) in [7, 11) is 0. The Labute approximate surface area is 212 Å². The first-order valence-electron chi connectivity index (χ1n) is 11.3. The molecule has 2 heterocycles. The Hall–Kier alpha value is -4.36. The van der Waals surface area contributed by atoms with E-state index in [0.717, 1.165) is 22.5 Å². The molecule has 1 N–H and O–H groups in total. The summed E-state index contributed by atoms with van der Waals surface area (Å²) in [5.41, 5.74) is 4.22. The lowest BCUT2D eigenvalue weighted by molar-refractivity contribution is -0.113. The Morgan fingerprint density at radius 3 is 2.33 bits per heavy atom. The number of amidine groups is 1. The Kier molecular flexibility index (Phi) is 6.31. The molecule has 0 radical (unpaired) electrons. The number of hydrogen-bond donors (Lipinski definition) is 1. The Balaban J connectivity index is 1.55. The third-order valence-electron chi connectivity index (χ3n) is 5.79. The molecular formula is C29H22N2O4S. The number of carbonyl (C=O) groups excluding carboxylic acids is 1. The standard InChI is InChI=1S/C29H22N2O4S/c1-18-9-8-10-19(2)26(18)30-29-31(20-11-4-3-5-12-20)27(32)25(36-29)17-21-15-16-24(35-21)22-13-6-7-14-23(22)28(33)34/h3-17H,1-2H3,(H,33,34). The lowest BCUT2D eigenvalue weighted by Crippen LogP contribution is -2.28. The average Bonchev–Trinajstić information content (AvgIpc) is 3.46. The van der Waals surface area contributed by atoms with Crippen LogP contribution in [0.4, 0.5) is 11.4 Å². The van der Waals surface area contributed by atoms with Gasteiger partial charge in [-0.25, -0.2) is 9.79 Å². The van der Waals surface area contributed by atoms with E-state index in [1.54, 1.807) is 41.3 Å². The second-order valence-corrected chi connectivity index (χ2v) is 9.28. The van der Waals surface area contributed by atoms with Crippen LogP contribution in [-0.2, 0) is 4.79 Å². The van der Waals surface area contributed by atoms with Gasteiger partial charge in [0.25, 0.3) is 5.91 Å². The third kappa shape index (κ3) is 4.48. The average molecular weight is 495 g/mol. The van der Waals surface area contributed by atoms with E-state index >= 15 is 0 Å². The number of rotatable bonds is 5. The molecule has 1 aromatic heterocycles. The number of anilines is 1. The van der Waals surface area contributed by atoms with Crippen LogP contribution in [0.3, 0.4) is 0 Å². The summed E-state index contributed by atoms with van der Waals surface area (Å²) < 4.78 is 5.94. The van der Waals surface area contributed by atoms with Gasteiger partial charge in [0.15, 0.2) is 5.17 Å². The molecule has 1 saturated heterocycles. The van der Waals surface area contributed by atoms with Crippen molar-refractivity contribution in [3.63, 3.8) is 0 Å². The molecule has 4 aromatic rings. The number of carboxylic acids is 1. The quantitative estimate of drug-likeness (QED) is 0.300. The highest BCUT2D eigenvalue weighted by molar-refractivity contribution is 8.19. The highest BCUT2D eigenvalue weighted by Gasteiger charge is 2.35. The summed E-state index contributed by atoms with van der Waals surface area (Å²) in [6.45, 7) is 3.99. The van der Waals surface area contributed by atoms with Crippen LogP contribution in [0.5, 0.6) is 0 Å². The van der Waals surface area contributed by atoms with E-state index in [4.69, 9.17) is 9.41 Å². The first kappa shape index (κ1) is 23.4. The summed E-state index contributed by atoms with van der Waals surface area (Å²) in [6, 6.07) is 25.5. The second kappa shape index (κ2) is 9.71. The van der Waals surface area contributed by atoms with E-state index in [2.05, 4.69) is 0 Å². The molecule has 1 fully saturated rings. The van der Waals surface area contributed by atoms with Crippen molar-refractivity contribution in [2.24, 2.45) is 4.99 Å². The van der Waals surface area contributed by atoms with Crippen LogP contribution >= 0.6 is 11.8 Å². The van der Waals surface area contributed by atoms with Crippen molar-refractivity contribution in [1.82, 2.24) is 0 Å². The summed E-state index contributed by atoms with van der Waals surface area (Å²) in [5.74, 6) is -0.378. The lowest BCUT2D eigenvalue weighted by atomic mass is 10.1. The molecule has 0 atom stereocenters. The second-order valence-electron chi connectivity index (χ2n) is 8.27. The van der Waals surface area contributed by atoms with Gasteiger partial charge in [-0.2, -0.15) is 0 Å². The van der Waals surface area contributed by atoms with E-state index in [1.165, 1.54) is 17.8 Å². The molecule has 0 saturated carbocycles. The number of amides is 1. The van der Waals surface area contributed by atoms with Gasteiger partial charge in [-0.3, -0.25) is 9.69 Å². The number of aryl methyl sites for hydroxylation is 2. The van der Waals surface area contributed by atoms with Crippen LogP contribution in [0, 0.1) is 13.8 Å². The van der Waals surface area contributed by atoms with E-state index in [-0.39, 0.29) is 11.5 Å². The number of benzene rings is 3. The van der Waals surface area contributed by atoms with Gasteiger partial charge in [0.1, 0.15) is 11.5 Å². The van der Waals surface area contributed by atoms with E-state index in [9.17, 15) is 14.7 Å². The Morgan fingerprint density at radius 1 is 0.917 bits per heavy atom. The van der Waals surface area contributed by atoms with Crippen molar-refractivity contribution in [2.45, 2.75) is 13.8 Å². The van der Waals surface area contributed by atoms with Gasteiger partial charge in [-0.1, -0.05) is 54.6 Å². The normalized spacial score (nSPS) is 15.7. The fourth-order valence-electron chi connectivity index (χ4n) is 4.02. The van der Waals surface area contributed by atoms with Gasteiger partial charge in [-0.15, -0.1) is 0 Å². The minimum atomic E-state index is -1.03. The van der Waals surface area contributed by atoms with Crippen LogP contribution in [0.25, 0.3) is 17.4 Å². The van der Waals surface area contributed by atoms with Crippen molar-refractivity contribution in [2.75, 3.05) is 4.90 Å². The minimum Gasteiger partial charge on any atom is -0.478 e. The molecule has 0 aliphatic carbocycles. The SMILES string of the molecule is Cc1cccc(C)c1N=C1SC(=Cc2ccc(-c3ccccc3C(=O)O)o2)C(=O)N1c1ccccc1. The van der Waals surface area contributed by atoms with Crippen LogP contribution in [0.15, 0.2) is 99.2 Å². The maximum atomic E-state index is 13.5. The number of carbonyl (C=O) groups is 2. The monoisotopic (exact) mass is 494 g/mol. The topological polar surface area (TPSA) is 83.1 Å². The van der Waals surface area contributed by atoms with Gasteiger partial charge in [-0.05, 0) is 67.1 Å². The van der Waals surface area contributed by atoms with Crippen molar-refractivity contribution in [3.05, 3.63) is 112 Å². The van der Waals surface area contributed by atoms with Gasteiger partial charge in [0.2, 0.25) is 0 Å². The largest absolute Gasteiger partial charge is 0.478 e. The van der Waals surface area contributed by atoms with Gasteiger partial charge >= 0.3 is 5.97 Å². The minimum absolute atomic E-state index is 0.149. The van der Waals surface area contributed by atoms with Crippen LogP contribution in [-0.4, -0.2) is 22.2 Å². The molecular weight excluding hydrogens is 472 g/mol. The molecule has 3 aromatic carbocycles. The first-order chi connectivity index (χ1) is 17.4. The lowest BCUT2D eigenvalue weighted by Gasteiger charge is -2.16. The third-order valence-corrected chi connectivity index (χ3v) is 6.76. The molecule has 1 aliphatic rings. The zero-order chi connectivity index (χ0) is 25.2. The number of carboxylic acid groups (broad SMARTS) is 1. The van der Waals surface area contributed by atoms with Gasteiger partial charge in [0, 0.05) is 11.6 Å². The van der Waals surface area contributed by atoms with E-state index < -0.39 is 5.97 Å². The maximum absolute atomic E-state index is 13.5. The molecule has 36 heavy (non-hydrogen) atoms. The summed E-state index contributed by atoms with van der Waals surface area (Å²) in [5, 5.41) is 10.1. The molecule has 0 unspecified atom stereocenters.